The molecule has 0 radical (unpaired) electrons. The van der Waals surface area contributed by atoms with E-state index < -0.39 is 0 Å². The van der Waals surface area contributed by atoms with Gasteiger partial charge in [-0.05, 0) is 19.9 Å². The van der Waals surface area contributed by atoms with Crippen molar-refractivity contribution in [3.63, 3.8) is 0 Å². The maximum Gasteiger partial charge on any atom is 0.191 e. The average Bonchev–Trinajstić information content (AvgIpc) is 2.69. The minimum atomic E-state index is 0.232. The Morgan fingerprint density at radius 1 is 1.08 bits per heavy atom. The van der Waals surface area contributed by atoms with Crippen molar-refractivity contribution in [2.45, 2.75) is 43.7 Å². The Morgan fingerprint density at radius 2 is 1.85 bits per heavy atom. The van der Waals surface area contributed by atoms with Gasteiger partial charge in [0.1, 0.15) is 0 Å². The summed E-state index contributed by atoms with van der Waals surface area (Å²) in [6.07, 6.45) is 6.79. The maximum absolute atomic E-state index is 5.84. The van der Waals surface area contributed by atoms with Gasteiger partial charge in [0, 0.05) is 51.9 Å². The molecule has 2 aliphatic heterocycles. The van der Waals surface area contributed by atoms with Crippen molar-refractivity contribution >= 4 is 5.96 Å². The Hall–Kier alpha value is -0.890. The maximum atomic E-state index is 5.84. The number of hydrogen-bond donors (Lipinski definition) is 2. The van der Waals surface area contributed by atoms with Crippen LogP contribution in [-0.4, -0.2) is 101 Å². The van der Waals surface area contributed by atoms with Crippen LogP contribution in [0.2, 0.25) is 0 Å². The fourth-order valence-corrected chi connectivity index (χ4v) is 4.52. The molecule has 0 bridgehead atoms. The molecule has 26 heavy (non-hydrogen) atoms. The minimum absolute atomic E-state index is 0.232. The molecule has 1 atom stereocenters. The van der Waals surface area contributed by atoms with E-state index in [-0.39, 0.29) is 11.6 Å². The standard InChI is InChI=1S/C19H37N5O2/c1-20-18(21-14-17-15-23(2)8-13-26-17)22-16-19(6-4-3-5-7-19)24-9-11-25-12-10-24/h17H,3-16H2,1-2H3,(H2,20,21,22). The van der Waals surface area contributed by atoms with E-state index >= 15 is 0 Å². The Balaban J connectivity index is 1.51. The number of rotatable bonds is 5. The molecule has 0 aromatic carbocycles. The van der Waals surface area contributed by atoms with Gasteiger partial charge < -0.3 is 25.0 Å². The number of nitrogens with zero attached hydrogens (tertiary/aromatic N) is 3. The molecule has 0 aromatic rings. The second kappa shape index (κ2) is 9.88. The van der Waals surface area contributed by atoms with E-state index in [4.69, 9.17) is 9.47 Å². The summed E-state index contributed by atoms with van der Waals surface area (Å²) in [5.74, 6) is 0.889. The predicted molar refractivity (Wildman–Crippen MR) is 105 cm³/mol. The number of morpholine rings is 2. The number of guanidine groups is 1. The molecule has 1 saturated carbocycles. The number of hydrogen-bond acceptors (Lipinski definition) is 5. The molecule has 7 heteroatoms. The lowest BCUT2D eigenvalue weighted by atomic mass is 9.80. The number of ether oxygens (including phenoxy) is 2. The molecule has 0 spiro atoms. The SMILES string of the molecule is CN=C(NCC1CN(C)CCO1)NCC1(N2CCOCC2)CCCCC1. The van der Waals surface area contributed by atoms with E-state index in [1.807, 2.05) is 7.05 Å². The van der Waals surface area contributed by atoms with Crippen molar-refractivity contribution < 1.29 is 9.47 Å². The van der Waals surface area contributed by atoms with Crippen LogP contribution in [0.4, 0.5) is 0 Å². The first-order valence-electron chi connectivity index (χ1n) is 10.3. The molecule has 1 unspecified atom stereocenters. The van der Waals surface area contributed by atoms with Gasteiger partial charge >= 0.3 is 0 Å². The van der Waals surface area contributed by atoms with E-state index in [0.717, 1.165) is 65.0 Å². The van der Waals surface area contributed by atoms with Gasteiger partial charge in [-0.3, -0.25) is 9.89 Å². The van der Waals surface area contributed by atoms with Gasteiger partial charge in [0.25, 0.3) is 0 Å². The monoisotopic (exact) mass is 367 g/mol. The molecule has 2 N–H and O–H groups in total. The summed E-state index contributed by atoms with van der Waals surface area (Å²) in [6, 6.07) is 0. The molecule has 2 heterocycles. The lowest BCUT2D eigenvalue weighted by Crippen LogP contribution is -2.60. The quantitative estimate of drug-likeness (QED) is 0.546. The highest BCUT2D eigenvalue weighted by molar-refractivity contribution is 5.79. The topological polar surface area (TPSA) is 61.4 Å². The van der Waals surface area contributed by atoms with Gasteiger partial charge in [-0.15, -0.1) is 0 Å². The van der Waals surface area contributed by atoms with Gasteiger partial charge in [-0.25, -0.2) is 0 Å². The van der Waals surface area contributed by atoms with Crippen molar-refractivity contribution in [2.24, 2.45) is 4.99 Å². The van der Waals surface area contributed by atoms with Crippen LogP contribution in [0.5, 0.6) is 0 Å². The zero-order chi connectivity index (χ0) is 18.2. The first kappa shape index (κ1) is 19.9. The van der Waals surface area contributed by atoms with Gasteiger partial charge in [0.2, 0.25) is 0 Å². The fourth-order valence-electron chi connectivity index (χ4n) is 4.52. The van der Waals surface area contributed by atoms with Crippen molar-refractivity contribution in [3.05, 3.63) is 0 Å². The van der Waals surface area contributed by atoms with Crippen LogP contribution < -0.4 is 10.6 Å². The lowest BCUT2D eigenvalue weighted by Gasteiger charge is -2.48. The highest BCUT2D eigenvalue weighted by atomic mass is 16.5. The summed E-state index contributed by atoms with van der Waals surface area (Å²) >= 11 is 0. The smallest absolute Gasteiger partial charge is 0.191 e. The Labute approximate surface area is 158 Å². The number of likely N-dealkylation sites (N-methyl/N-ethyl adjacent to an activating group) is 1. The average molecular weight is 368 g/mol. The molecule has 0 amide bonds. The zero-order valence-electron chi connectivity index (χ0n) is 16.6. The summed E-state index contributed by atoms with van der Waals surface area (Å²) in [6.45, 7) is 8.39. The van der Waals surface area contributed by atoms with Gasteiger partial charge in [0.05, 0.1) is 25.9 Å². The van der Waals surface area contributed by atoms with Crippen LogP contribution in [0.1, 0.15) is 32.1 Å². The van der Waals surface area contributed by atoms with Gasteiger partial charge in [-0.2, -0.15) is 0 Å². The van der Waals surface area contributed by atoms with E-state index in [1.165, 1.54) is 32.1 Å². The molecule has 150 valence electrons. The van der Waals surface area contributed by atoms with Crippen LogP contribution in [-0.2, 0) is 9.47 Å². The molecule has 0 aromatic heterocycles. The largest absolute Gasteiger partial charge is 0.379 e. The molecule has 3 fully saturated rings. The Morgan fingerprint density at radius 3 is 2.54 bits per heavy atom. The predicted octanol–water partition coefficient (Wildman–Crippen LogP) is 0.517. The highest BCUT2D eigenvalue weighted by Crippen LogP contribution is 2.33. The molecule has 3 rings (SSSR count). The first-order valence-corrected chi connectivity index (χ1v) is 10.3. The van der Waals surface area contributed by atoms with Gasteiger partial charge in [-0.1, -0.05) is 19.3 Å². The van der Waals surface area contributed by atoms with Crippen molar-refractivity contribution in [3.8, 4) is 0 Å². The summed E-state index contributed by atoms with van der Waals surface area (Å²) in [5.41, 5.74) is 0.251. The summed E-state index contributed by atoms with van der Waals surface area (Å²) in [4.78, 5) is 9.42. The van der Waals surface area contributed by atoms with Crippen LogP contribution in [0.25, 0.3) is 0 Å². The molecular weight excluding hydrogens is 330 g/mol. The Bertz CT molecular complexity index is 447. The van der Waals surface area contributed by atoms with E-state index in [9.17, 15) is 0 Å². The van der Waals surface area contributed by atoms with Crippen molar-refractivity contribution in [1.82, 2.24) is 20.4 Å². The van der Waals surface area contributed by atoms with Crippen LogP contribution in [0, 0.1) is 0 Å². The van der Waals surface area contributed by atoms with E-state index in [0.29, 0.717) is 0 Å². The van der Waals surface area contributed by atoms with Crippen LogP contribution in [0.15, 0.2) is 4.99 Å². The summed E-state index contributed by atoms with van der Waals surface area (Å²) in [5, 5.41) is 7.08. The molecule has 3 aliphatic rings. The second-order valence-electron chi connectivity index (χ2n) is 7.95. The summed E-state index contributed by atoms with van der Waals surface area (Å²) in [7, 11) is 4.00. The third kappa shape index (κ3) is 5.31. The van der Waals surface area contributed by atoms with Crippen LogP contribution >= 0.6 is 0 Å². The molecule has 7 nitrogen and oxygen atoms in total. The minimum Gasteiger partial charge on any atom is -0.379 e. The normalized spacial score (nSPS) is 28.7. The molecule has 2 saturated heterocycles. The highest BCUT2D eigenvalue weighted by Gasteiger charge is 2.38. The van der Waals surface area contributed by atoms with Crippen molar-refractivity contribution in [1.29, 1.82) is 0 Å². The lowest BCUT2D eigenvalue weighted by molar-refractivity contribution is -0.0353. The van der Waals surface area contributed by atoms with Crippen LogP contribution in [0.3, 0.4) is 0 Å². The van der Waals surface area contributed by atoms with Gasteiger partial charge in [0.15, 0.2) is 5.96 Å². The van der Waals surface area contributed by atoms with Crippen molar-refractivity contribution in [2.75, 3.05) is 73.2 Å². The number of aliphatic imine (C=N–C) groups is 1. The van der Waals surface area contributed by atoms with E-state index in [1.54, 1.807) is 0 Å². The third-order valence-corrected chi connectivity index (χ3v) is 6.11. The first-order chi connectivity index (χ1) is 12.7. The van der Waals surface area contributed by atoms with E-state index in [2.05, 4.69) is 32.5 Å². The third-order valence-electron chi connectivity index (χ3n) is 6.11. The molecular formula is C19H37N5O2. The fraction of sp³-hybridized carbons (Fsp3) is 0.947. The molecule has 1 aliphatic carbocycles. The number of nitrogens with one attached hydrogen (secondary N) is 2. The summed E-state index contributed by atoms with van der Waals surface area (Å²) < 4.78 is 11.4. The zero-order valence-corrected chi connectivity index (χ0v) is 16.6. The second-order valence-corrected chi connectivity index (χ2v) is 7.95. The Kier molecular flexibility index (Phi) is 7.54.